The molecule has 0 bridgehead atoms. The number of aromatic nitrogens is 2. The first-order valence-corrected chi connectivity index (χ1v) is 9.16. The quantitative estimate of drug-likeness (QED) is 0.756. The number of aliphatic carboxylic acids is 1. The highest BCUT2D eigenvalue weighted by Gasteiger charge is 2.26. The maximum atomic E-state index is 10.8. The van der Waals surface area contributed by atoms with Gasteiger partial charge in [0.25, 0.3) is 0 Å². The van der Waals surface area contributed by atoms with Crippen molar-refractivity contribution >= 4 is 35.1 Å². The van der Waals surface area contributed by atoms with E-state index in [0.29, 0.717) is 34.8 Å². The van der Waals surface area contributed by atoms with Crippen LogP contribution in [0.5, 0.6) is 5.75 Å². The fraction of sp³-hybridized carbons (Fsp3) is 0.389. The van der Waals surface area contributed by atoms with Crippen LogP contribution in [0.1, 0.15) is 31.2 Å². The minimum atomic E-state index is -0.776. The summed E-state index contributed by atoms with van der Waals surface area (Å²) in [7, 11) is 0. The number of carboxylic acids is 1. The number of ether oxygens (including phenoxy) is 1. The smallest absolute Gasteiger partial charge is 0.303 e. The van der Waals surface area contributed by atoms with Crippen LogP contribution in [-0.4, -0.2) is 33.6 Å². The van der Waals surface area contributed by atoms with E-state index in [2.05, 4.69) is 14.9 Å². The van der Waals surface area contributed by atoms with Crippen molar-refractivity contribution in [3.05, 3.63) is 46.2 Å². The predicted octanol–water partition coefficient (Wildman–Crippen LogP) is 4.20. The third-order valence-electron chi connectivity index (χ3n) is 4.35. The fourth-order valence-corrected chi connectivity index (χ4v) is 3.48. The van der Waals surface area contributed by atoms with Gasteiger partial charge in [0.1, 0.15) is 6.61 Å². The Labute approximate surface area is 161 Å². The van der Waals surface area contributed by atoms with Gasteiger partial charge in [-0.05, 0) is 31.4 Å². The number of hydrogen-bond acceptors (Lipinski definition) is 5. The number of benzene rings is 1. The number of hydrogen-bond donors (Lipinski definition) is 1. The van der Waals surface area contributed by atoms with E-state index in [1.54, 1.807) is 24.5 Å². The van der Waals surface area contributed by atoms with E-state index in [-0.39, 0.29) is 12.5 Å². The molecular weight excluding hydrogens is 377 g/mol. The van der Waals surface area contributed by atoms with Gasteiger partial charge in [0, 0.05) is 34.6 Å². The number of nitrogens with zero attached hydrogens (tertiary/aromatic N) is 3. The average molecular weight is 396 g/mol. The van der Waals surface area contributed by atoms with E-state index in [1.807, 2.05) is 6.07 Å². The predicted molar refractivity (Wildman–Crippen MR) is 100 cm³/mol. The maximum Gasteiger partial charge on any atom is 0.303 e. The molecule has 8 heteroatoms. The van der Waals surface area contributed by atoms with Crippen molar-refractivity contribution in [3.8, 4) is 5.75 Å². The SMILES string of the molecule is O=C(O)CCC1CCCN1c1ncc(OCc2ccc(Cl)cc2Cl)cn1. The van der Waals surface area contributed by atoms with Crippen molar-refractivity contribution in [3.63, 3.8) is 0 Å². The van der Waals surface area contributed by atoms with Gasteiger partial charge in [0.2, 0.25) is 5.95 Å². The van der Waals surface area contributed by atoms with E-state index in [1.165, 1.54) is 0 Å². The van der Waals surface area contributed by atoms with Crippen LogP contribution in [0.3, 0.4) is 0 Å². The molecule has 2 aromatic rings. The summed E-state index contributed by atoms with van der Waals surface area (Å²) in [5.74, 6) is 0.373. The molecular formula is C18H19Cl2N3O3. The highest BCUT2D eigenvalue weighted by molar-refractivity contribution is 6.35. The molecule has 0 amide bonds. The summed E-state index contributed by atoms with van der Waals surface area (Å²) in [5, 5.41) is 10.00. The highest BCUT2D eigenvalue weighted by Crippen LogP contribution is 2.26. The Morgan fingerprint density at radius 1 is 1.31 bits per heavy atom. The Kier molecular flexibility index (Phi) is 6.16. The number of rotatable bonds is 7. The molecule has 0 saturated carbocycles. The molecule has 1 aromatic heterocycles. The number of carbonyl (C=O) groups is 1. The summed E-state index contributed by atoms with van der Waals surface area (Å²) >= 11 is 12.0. The summed E-state index contributed by atoms with van der Waals surface area (Å²) in [5.41, 5.74) is 0.827. The van der Waals surface area contributed by atoms with Crippen LogP contribution in [0.2, 0.25) is 10.0 Å². The van der Waals surface area contributed by atoms with Crippen molar-refractivity contribution in [2.24, 2.45) is 0 Å². The second-order valence-corrected chi connectivity index (χ2v) is 7.01. The topological polar surface area (TPSA) is 75.5 Å². The molecule has 0 radical (unpaired) electrons. The maximum absolute atomic E-state index is 10.8. The molecule has 6 nitrogen and oxygen atoms in total. The van der Waals surface area contributed by atoms with Crippen molar-refractivity contribution in [1.29, 1.82) is 0 Å². The molecule has 3 rings (SSSR count). The molecule has 2 heterocycles. The molecule has 1 atom stereocenters. The lowest BCUT2D eigenvalue weighted by atomic mass is 10.1. The van der Waals surface area contributed by atoms with Gasteiger partial charge in [0.15, 0.2) is 5.75 Å². The van der Waals surface area contributed by atoms with Gasteiger partial charge in [-0.15, -0.1) is 0 Å². The monoisotopic (exact) mass is 395 g/mol. The van der Waals surface area contributed by atoms with Crippen molar-refractivity contribution in [1.82, 2.24) is 9.97 Å². The van der Waals surface area contributed by atoms with Gasteiger partial charge in [-0.1, -0.05) is 29.3 Å². The second-order valence-electron chi connectivity index (χ2n) is 6.17. The summed E-state index contributed by atoms with van der Waals surface area (Å²) in [6, 6.07) is 5.42. The zero-order valence-electron chi connectivity index (χ0n) is 14.1. The largest absolute Gasteiger partial charge is 0.486 e. The first-order chi connectivity index (χ1) is 12.5. The Bertz CT molecular complexity index is 771. The Morgan fingerprint density at radius 3 is 2.77 bits per heavy atom. The number of anilines is 1. The first-order valence-electron chi connectivity index (χ1n) is 8.40. The highest BCUT2D eigenvalue weighted by atomic mass is 35.5. The average Bonchev–Trinajstić information content (AvgIpc) is 3.08. The second kappa shape index (κ2) is 8.56. The normalized spacial score (nSPS) is 16.7. The zero-order chi connectivity index (χ0) is 18.5. The van der Waals surface area contributed by atoms with Gasteiger partial charge >= 0.3 is 5.97 Å². The van der Waals surface area contributed by atoms with Crippen LogP contribution < -0.4 is 9.64 Å². The van der Waals surface area contributed by atoms with Crippen LogP contribution in [0.15, 0.2) is 30.6 Å². The van der Waals surface area contributed by atoms with Gasteiger partial charge < -0.3 is 14.7 Å². The number of halogens is 2. The Morgan fingerprint density at radius 2 is 2.08 bits per heavy atom. The molecule has 1 unspecified atom stereocenters. The standard InChI is InChI=1S/C18H19Cl2N3O3/c19-13-4-3-12(16(20)8-13)11-26-15-9-21-18(22-10-15)23-7-1-2-14(23)5-6-17(24)25/h3-4,8-10,14H,1-2,5-7,11H2,(H,24,25). The summed E-state index contributed by atoms with van der Waals surface area (Å²) in [6.07, 6.45) is 5.98. The van der Waals surface area contributed by atoms with Gasteiger partial charge in [0.05, 0.1) is 12.4 Å². The summed E-state index contributed by atoms with van der Waals surface area (Å²) in [4.78, 5) is 21.6. The summed E-state index contributed by atoms with van der Waals surface area (Å²) in [6.45, 7) is 1.13. The zero-order valence-corrected chi connectivity index (χ0v) is 15.6. The summed E-state index contributed by atoms with van der Waals surface area (Å²) < 4.78 is 5.69. The molecule has 26 heavy (non-hydrogen) atoms. The van der Waals surface area contributed by atoms with Crippen molar-refractivity contribution in [2.45, 2.75) is 38.3 Å². The van der Waals surface area contributed by atoms with E-state index >= 15 is 0 Å². The van der Waals surface area contributed by atoms with Crippen molar-refractivity contribution in [2.75, 3.05) is 11.4 Å². The third-order valence-corrected chi connectivity index (χ3v) is 4.94. The van der Waals surface area contributed by atoms with Crippen LogP contribution in [0.25, 0.3) is 0 Å². The third kappa shape index (κ3) is 4.77. The van der Waals surface area contributed by atoms with Gasteiger partial charge in [-0.2, -0.15) is 0 Å². The lowest BCUT2D eigenvalue weighted by Crippen LogP contribution is -2.31. The van der Waals surface area contributed by atoms with Crippen LogP contribution in [-0.2, 0) is 11.4 Å². The fourth-order valence-electron chi connectivity index (χ4n) is 3.02. The lowest BCUT2D eigenvalue weighted by molar-refractivity contribution is -0.137. The number of carboxylic acid groups (broad SMARTS) is 1. The molecule has 1 aromatic carbocycles. The molecule has 1 saturated heterocycles. The minimum Gasteiger partial charge on any atom is -0.486 e. The van der Waals surface area contributed by atoms with E-state index in [0.717, 1.165) is 24.9 Å². The van der Waals surface area contributed by atoms with Gasteiger partial charge in [-0.25, -0.2) is 9.97 Å². The molecule has 1 fully saturated rings. The Hall–Kier alpha value is -2.05. The van der Waals surface area contributed by atoms with Crippen molar-refractivity contribution < 1.29 is 14.6 Å². The Balaban J connectivity index is 1.60. The van der Waals surface area contributed by atoms with Crippen LogP contribution in [0, 0.1) is 0 Å². The molecule has 1 aliphatic heterocycles. The lowest BCUT2D eigenvalue weighted by Gasteiger charge is -2.24. The van der Waals surface area contributed by atoms with Gasteiger partial charge in [-0.3, -0.25) is 4.79 Å². The van der Waals surface area contributed by atoms with E-state index in [4.69, 9.17) is 33.0 Å². The minimum absolute atomic E-state index is 0.157. The van der Waals surface area contributed by atoms with E-state index < -0.39 is 5.97 Å². The molecule has 0 spiro atoms. The van der Waals surface area contributed by atoms with Crippen LogP contribution >= 0.6 is 23.2 Å². The van der Waals surface area contributed by atoms with Crippen LogP contribution in [0.4, 0.5) is 5.95 Å². The molecule has 1 aliphatic rings. The first kappa shape index (κ1) is 18.7. The van der Waals surface area contributed by atoms with E-state index in [9.17, 15) is 4.79 Å². The molecule has 0 aliphatic carbocycles. The molecule has 138 valence electrons. The molecule has 1 N–H and O–H groups in total.